The molecule has 0 aliphatic carbocycles. The van der Waals surface area contributed by atoms with Crippen LogP contribution in [0.25, 0.3) is 0 Å². The van der Waals surface area contributed by atoms with Gasteiger partial charge in [0.25, 0.3) is 0 Å². The number of aryl methyl sites for hydroxylation is 1. The lowest BCUT2D eigenvalue weighted by Gasteiger charge is -2.09. The van der Waals surface area contributed by atoms with Gasteiger partial charge < -0.3 is 10.3 Å². The summed E-state index contributed by atoms with van der Waals surface area (Å²) in [7, 11) is -3.54. The Kier molecular flexibility index (Phi) is 5.38. The van der Waals surface area contributed by atoms with Gasteiger partial charge in [-0.2, -0.15) is 0 Å². The summed E-state index contributed by atoms with van der Waals surface area (Å²) in [6.45, 7) is 1.21. The molecule has 0 atom stereocenters. The van der Waals surface area contributed by atoms with E-state index >= 15 is 0 Å². The fourth-order valence-electron chi connectivity index (χ4n) is 1.85. The van der Waals surface area contributed by atoms with Gasteiger partial charge in [-0.05, 0) is 47.0 Å². The number of nitrogens with two attached hydrogens (primary N) is 1. The minimum Gasteiger partial charge on any atom is -0.399 e. The van der Waals surface area contributed by atoms with Crippen LogP contribution in [-0.2, 0) is 16.6 Å². The normalized spacial score (nSPS) is 11.7. The van der Waals surface area contributed by atoms with E-state index in [1.165, 1.54) is 6.07 Å². The topological polar surface area (TPSA) is 90.0 Å². The number of nitrogen functional groups attached to an aromatic ring is 1. The molecule has 1 heterocycles. The van der Waals surface area contributed by atoms with Gasteiger partial charge in [0.1, 0.15) is 0 Å². The Balaban J connectivity index is 1.85. The van der Waals surface area contributed by atoms with E-state index in [0.717, 1.165) is 19.4 Å². The standard InChI is InChI=1S/C13H17BrN4O2S/c14-12-4-3-11(15)9-13(12)21(19,20)17-5-1-2-7-18-8-6-16-10-18/h3-4,6,8-10,17H,1-2,5,7,15H2. The Bertz CT molecular complexity index is 686. The lowest BCUT2D eigenvalue weighted by Crippen LogP contribution is -2.25. The molecule has 0 aliphatic rings. The molecule has 0 bridgehead atoms. The number of hydrogen-bond donors (Lipinski definition) is 2. The summed E-state index contributed by atoms with van der Waals surface area (Å²) in [5, 5.41) is 0. The van der Waals surface area contributed by atoms with Crippen LogP contribution in [0.15, 0.2) is 46.3 Å². The molecule has 21 heavy (non-hydrogen) atoms. The van der Waals surface area contributed by atoms with Gasteiger partial charge in [0, 0.05) is 35.6 Å². The molecule has 0 saturated heterocycles. The number of benzene rings is 1. The van der Waals surface area contributed by atoms with E-state index in [1.54, 1.807) is 24.7 Å². The maximum Gasteiger partial charge on any atom is 0.241 e. The van der Waals surface area contributed by atoms with Crippen LogP contribution in [0.4, 0.5) is 5.69 Å². The second kappa shape index (κ2) is 7.06. The Labute approximate surface area is 132 Å². The van der Waals surface area contributed by atoms with Gasteiger partial charge in [-0.3, -0.25) is 0 Å². The third-order valence-corrected chi connectivity index (χ3v) is 5.39. The number of nitrogens with zero attached hydrogens (tertiary/aromatic N) is 2. The average Bonchev–Trinajstić information content (AvgIpc) is 2.94. The van der Waals surface area contributed by atoms with Crippen molar-refractivity contribution < 1.29 is 8.42 Å². The number of halogens is 1. The van der Waals surface area contributed by atoms with Crippen molar-refractivity contribution >= 4 is 31.6 Å². The van der Waals surface area contributed by atoms with Crippen molar-refractivity contribution in [2.45, 2.75) is 24.3 Å². The number of anilines is 1. The molecule has 2 aromatic rings. The summed E-state index contributed by atoms with van der Waals surface area (Å²) in [6, 6.07) is 4.72. The zero-order valence-corrected chi connectivity index (χ0v) is 13.8. The van der Waals surface area contributed by atoms with Crippen LogP contribution in [0.5, 0.6) is 0 Å². The lowest BCUT2D eigenvalue weighted by atomic mass is 10.3. The third-order valence-electron chi connectivity index (χ3n) is 2.94. The van der Waals surface area contributed by atoms with Crippen LogP contribution in [0.2, 0.25) is 0 Å². The van der Waals surface area contributed by atoms with Gasteiger partial charge in [-0.1, -0.05) is 0 Å². The first kappa shape index (κ1) is 16.0. The average molecular weight is 373 g/mol. The molecule has 0 amide bonds. The molecule has 8 heteroatoms. The molecule has 114 valence electrons. The van der Waals surface area contributed by atoms with E-state index in [1.807, 2.05) is 10.8 Å². The molecule has 0 aliphatic heterocycles. The van der Waals surface area contributed by atoms with E-state index in [-0.39, 0.29) is 4.90 Å². The van der Waals surface area contributed by atoms with E-state index in [9.17, 15) is 8.42 Å². The largest absolute Gasteiger partial charge is 0.399 e. The Morgan fingerprint density at radius 3 is 2.86 bits per heavy atom. The van der Waals surface area contributed by atoms with E-state index in [2.05, 4.69) is 25.6 Å². The molecule has 1 aromatic carbocycles. The highest BCUT2D eigenvalue weighted by Gasteiger charge is 2.17. The minimum atomic E-state index is -3.54. The summed E-state index contributed by atoms with van der Waals surface area (Å²) in [5.41, 5.74) is 6.05. The van der Waals surface area contributed by atoms with E-state index in [0.29, 0.717) is 16.7 Å². The van der Waals surface area contributed by atoms with Crippen LogP contribution in [0, 0.1) is 0 Å². The van der Waals surface area contributed by atoms with Crippen molar-refractivity contribution in [2.75, 3.05) is 12.3 Å². The first-order chi connectivity index (χ1) is 9.99. The quantitative estimate of drug-likeness (QED) is 0.574. The molecule has 0 unspecified atom stereocenters. The number of rotatable bonds is 7. The molecule has 2 rings (SSSR count). The van der Waals surface area contributed by atoms with Crippen molar-refractivity contribution in [3.05, 3.63) is 41.4 Å². The molecule has 0 radical (unpaired) electrons. The zero-order chi connectivity index (χ0) is 15.3. The summed E-state index contributed by atoms with van der Waals surface area (Å²) in [4.78, 5) is 4.12. The van der Waals surface area contributed by atoms with Gasteiger partial charge in [0.05, 0.1) is 11.2 Å². The smallest absolute Gasteiger partial charge is 0.241 e. The number of aromatic nitrogens is 2. The van der Waals surface area contributed by atoms with Crippen molar-refractivity contribution in [1.29, 1.82) is 0 Å². The summed E-state index contributed by atoms with van der Waals surface area (Å²) in [5.74, 6) is 0. The lowest BCUT2D eigenvalue weighted by molar-refractivity contribution is 0.565. The highest BCUT2D eigenvalue weighted by Crippen LogP contribution is 2.23. The van der Waals surface area contributed by atoms with Gasteiger partial charge in [0.15, 0.2) is 0 Å². The van der Waals surface area contributed by atoms with Crippen molar-refractivity contribution in [1.82, 2.24) is 14.3 Å². The predicted molar refractivity (Wildman–Crippen MR) is 85.2 cm³/mol. The summed E-state index contributed by atoms with van der Waals surface area (Å²) < 4.78 is 29.4. The Hall–Kier alpha value is -1.38. The molecular weight excluding hydrogens is 356 g/mol. The molecule has 6 nitrogen and oxygen atoms in total. The summed E-state index contributed by atoms with van der Waals surface area (Å²) >= 11 is 3.23. The maximum absolute atomic E-state index is 12.2. The minimum absolute atomic E-state index is 0.164. The van der Waals surface area contributed by atoms with Crippen molar-refractivity contribution in [2.24, 2.45) is 0 Å². The molecule has 1 aromatic heterocycles. The van der Waals surface area contributed by atoms with Gasteiger partial charge in [-0.15, -0.1) is 0 Å². The second-order valence-electron chi connectivity index (χ2n) is 4.60. The van der Waals surface area contributed by atoms with Gasteiger partial charge in [-0.25, -0.2) is 18.1 Å². The molecule has 0 spiro atoms. The molecule has 0 fully saturated rings. The highest BCUT2D eigenvalue weighted by atomic mass is 79.9. The Morgan fingerprint density at radius 2 is 2.14 bits per heavy atom. The van der Waals surface area contributed by atoms with Crippen molar-refractivity contribution in [3.8, 4) is 0 Å². The fourth-order valence-corrected chi connectivity index (χ4v) is 3.92. The summed E-state index contributed by atoms with van der Waals surface area (Å²) in [6.07, 6.45) is 6.97. The number of imidazole rings is 1. The van der Waals surface area contributed by atoms with Crippen LogP contribution < -0.4 is 10.5 Å². The van der Waals surface area contributed by atoms with Crippen molar-refractivity contribution in [3.63, 3.8) is 0 Å². The molecule has 0 saturated carbocycles. The monoisotopic (exact) mass is 372 g/mol. The number of hydrogen-bond acceptors (Lipinski definition) is 4. The fraction of sp³-hybridized carbons (Fsp3) is 0.308. The maximum atomic E-state index is 12.2. The van der Waals surface area contributed by atoms with Crippen LogP contribution in [-0.4, -0.2) is 24.5 Å². The SMILES string of the molecule is Nc1ccc(Br)c(S(=O)(=O)NCCCCn2ccnc2)c1. The highest BCUT2D eigenvalue weighted by molar-refractivity contribution is 9.10. The van der Waals surface area contributed by atoms with E-state index < -0.39 is 10.0 Å². The molecule has 3 N–H and O–H groups in total. The van der Waals surface area contributed by atoms with Gasteiger partial charge >= 0.3 is 0 Å². The van der Waals surface area contributed by atoms with Gasteiger partial charge in [0.2, 0.25) is 10.0 Å². The zero-order valence-electron chi connectivity index (χ0n) is 11.4. The Morgan fingerprint density at radius 1 is 1.33 bits per heavy atom. The molecular formula is C13H17BrN4O2S. The number of nitrogens with one attached hydrogen (secondary N) is 1. The third kappa shape index (κ3) is 4.55. The first-order valence-corrected chi connectivity index (χ1v) is 8.77. The first-order valence-electron chi connectivity index (χ1n) is 6.49. The number of sulfonamides is 1. The van der Waals surface area contributed by atoms with Crippen LogP contribution in [0.3, 0.4) is 0 Å². The second-order valence-corrected chi connectivity index (χ2v) is 7.18. The van der Waals surface area contributed by atoms with Crippen LogP contribution in [0.1, 0.15) is 12.8 Å². The predicted octanol–water partition coefficient (Wildman–Crippen LogP) is 1.99. The van der Waals surface area contributed by atoms with E-state index in [4.69, 9.17) is 5.73 Å². The number of unbranched alkanes of at least 4 members (excludes halogenated alkanes) is 1. The van der Waals surface area contributed by atoms with Crippen LogP contribution >= 0.6 is 15.9 Å².